The zero-order chi connectivity index (χ0) is 22.0. The molecule has 31 heavy (non-hydrogen) atoms. The van der Waals surface area contributed by atoms with Gasteiger partial charge in [-0.3, -0.25) is 4.79 Å². The minimum atomic E-state index is -1.92. The lowest BCUT2D eigenvalue weighted by Crippen LogP contribution is -2.51. The van der Waals surface area contributed by atoms with E-state index in [0.29, 0.717) is 11.6 Å². The minimum absolute atomic E-state index is 0.157. The molecule has 6 nitrogen and oxygen atoms in total. The predicted molar refractivity (Wildman–Crippen MR) is 111 cm³/mol. The number of carbonyl (C=O) groups excluding carboxylic acids is 1. The van der Waals surface area contributed by atoms with E-state index in [2.05, 4.69) is 15.4 Å². The van der Waals surface area contributed by atoms with Crippen molar-refractivity contribution in [2.75, 3.05) is 0 Å². The van der Waals surface area contributed by atoms with E-state index in [1.165, 1.54) is 23.4 Å². The van der Waals surface area contributed by atoms with Gasteiger partial charge in [-0.1, -0.05) is 36.4 Å². The van der Waals surface area contributed by atoms with Gasteiger partial charge in [0.15, 0.2) is 0 Å². The highest BCUT2D eigenvalue weighted by atomic mass is 19.1. The lowest BCUT2D eigenvalue weighted by atomic mass is 9.86. The first-order chi connectivity index (χ1) is 14.9. The number of hydrogen-bond acceptors (Lipinski definition) is 4. The molecule has 0 bridgehead atoms. The predicted octanol–water partition coefficient (Wildman–Crippen LogP) is 3.42. The van der Waals surface area contributed by atoms with Crippen LogP contribution in [0.3, 0.4) is 0 Å². The topological polar surface area (TPSA) is 80.0 Å². The summed E-state index contributed by atoms with van der Waals surface area (Å²) in [6.45, 7) is 1.35. The van der Waals surface area contributed by atoms with E-state index in [0.717, 1.165) is 16.8 Å². The second-order valence-corrected chi connectivity index (χ2v) is 7.40. The monoisotopic (exact) mass is 422 g/mol. The van der Waals surface area contributed by atoms with Crippen LogP contribution in [0.5, 0.6) is 0 Å². The molecule has 0 aliphatic carbocycles. The Kier molecular flexibility index (Phi) is 5.48. The van der Waals surface area contributed by atoms with Gasteiger partial charge in [0.25, 0.3) is 5.91 Å². The van der Waals surface area contributed by atoms with Gasteiger partial charge in [-0.15, -0.1) is 0 Å². The molecular weight excluding hydrogens is 402 g/mol. The molecule has 0 fully saturated rings. The van der Waals surface area contributed by atoms with E-state index in [1.54, 1.807) is 19.1 Å². The van der Waals surface area contributed by atoms with Crippen molar-refractivity contribution in [2.45, 2.75) is 25.1 Å². The lowest BCUT2D eigenvalue weighted by molar-refractivity contribution is -0.0186. The second-order valence-electron chi connectivity index (χ2n) is 7.40. The summed E-state index contributed by atoms with van der Waals surface area (Å²) in [6.07, 6.45) is 2.64. The average molecular weight is 422 g/mol. The summed E-state index contributed by atoms with van der Waals surface area (Å²) in [7, 11) is 0. The molecule has 0 unspecified atom stereocenters. The molecule has 3 aromatic carbocycles. The molecule has 0 spiro atoms. The summed E-state index contributed by atoms with van der Waals surface area (Å²) in [5.41, 5.74) is -1.68. The average Bonchev–Trinajstić information content (AvgIpc) is 3.25. The fourth-order valence-electron chi connectivity index (χ4n) is 3.59. The Labute approximate surface area is 177 Å². The van der Waals surface area contributed by atoms with Gasteiger partial charge >= 0.3 is 0 Å². The Morgan fingerprint density at radius 1 is 1.13 bits per heavy atom. The molecule has 2 atom stereocenters. The molecule has 0 aliphatic rings. The lowest BCUT2D eigenvalue weighted by Gasteiger charge is -2.35. The number of nitrogens with zero attached hydrogens (tertiary/aromatic N) is 3. The zero-order valence-electron chi connectivity index (χ0n) is 16.7. The normalized spacial score (nSPS) is 14.2. The van der Waals surface area contributed by atoms with Crippen molar-refractivity contribution in [3.8, 4) is 0 Å². The molecule has 158 valence electrons. The number of fused-ring (bicyclic) bond motifs is 1. The van der Waals surface area contributed by atoms with Crippen LogP contribution in [0.2, 0.25) is 0 Å². The van der Waals surface area contributed by atoms with E-state index in [4.69, 9.17) is 0 Å². The third kappa shape index (κ3) is 4.15. The third-order valence-corrected chi connectivity index (χ3v) is 5.34. The quantitative estimate of drug-likeness (QED) is 0.499. The van der Waals surface area contributed by atoms with Crippen molar-refractivity contribution < 1.29 is 18.7 Å². The molecule has 1 heterocycles. The van der Waals surface area contributed by atoms with Crippen molar-refractivity contribution >= 4 is 16.7 Å². The van der Waals surface area contributed by atoms with E-state index in [-0.39, 0.29) is 12.1 Å². The molecule has 0 saturated heterocycles. The van der Waals surface area contributed by atoms with E-state index in [9.17, 15) is 18.7 Å². The number of carbonyl (C=O) groups is 1. The van der Waals surface area contributed by atoms with E-state index >= 15 is 0 Å². The molecule has 0 aliphatic heterocycles. The van der Waals surface area contributed by atoms with Crippen molar-refractivity contribution in [1.82, 2.24) is 20.1 Å². The van der Waals surface area contributed by atoms with Gasteiger partial charge in [0.2, 0.25) is 0 Å². The molecule has 8 heteroatoms. The maximum atomic E-state index is 14.6. The van der Waals surface area contributed by atoms with Crippen LogP contribution in [-0.4, -0.2) is 31.8 Å². The molecule has 1 amide bonds. The molecule has 0 saturated carbocycles. The van der Waals surface area contributed by atoms with Crippen LogP contribution in [0.4, 0.5) is 8.78 Å². The van der Waals surface area contributed by atoms with Crippen LogP contribution in [0.1, 0.15) is 22.8 Å². The smallest absolute Gasteiger partial charge is 0.251 e. The summed E-state index contributed by atoms with van der Waals surface area (Å²) in [6, 6.07) is 14.8. The summed E-state index contributed by atoms with van der Waals surface area (Å²) in [5.74, 6) is -2.12. The number of nitrogens with one attached hydrogen (secondary N) is 1. The molecular formula is C23H20F2N4O2. The Hall–Kier alpha value is -3.65. The van der Waals surface area contributed by atoms with Crippen LogP contribution in [0, 0.1) is 11.6 Å². The summed E-state index contributed by atoms with van der Waals surface area (Å²) in [4.78, 5) is 16.7. The number of aromatic nitrogens is 3. The zero-order valence-corrected chi connectivity index (χ0v) is 16.7. The summed E-state index contributed by atoms with van der Waals surface area (Å²) >= 11 is 0. The Bertz CT molecular complexity index is 1230. The molecule has 4 aromatic rings. The van der Waals surface area contributed by atoms with Crippen molar-refractivity contribution in [2.24, 2.45) is 0 Å². The van der Waals surface area contributed by atoms with Crippen molar-refractivity contribution in [3.05, 3.63) is 96.1 Å². The fourth-order valence-corrected chi connectivity index (χ4v) is 3.59. The highest BCUT2D eigenvalue weighted by Crippen LogP contribution is 2.30. The van der Waals surface area contributed by atoms with Crippen LogP contribution in [0.15, 0.2) is 73.3 Å². The van der Waals surface area contributed by atoms with E-state index in [1.807, 2.05) is 30.3 Å². The largest absolute Gasteiger partial charge is 0.381 e. The maximum Gasteiger partial charge on any atom is 0.251 e. The van der Waals surface area contributed by atoms with Gasteiger partial charge in [0, 0.05) is 17.2 Å². The Morgan fingerprint density at radius 3 is 2.61 bits per heavy atom. The fraction of sp³-hybridized carbons (Fsp3) is 0.174. The number of aliphatic hydroxyl groups is 1. The van der Waals surface area contributed by atoms with Gasteiger partial charge < -0.3 is 10.4 Å². The van der Waals surface area contributed by atoms with Gasteiger partial charge in [0.1, 0.15) is 29.9 Å². The molecule has 4 rings (SSSR count). The number of amides is 1. The standard InChI is InChI=1S/C23H20F2N4O2/c1-15(28-22(30)18-7-6-16-4-2-3-5-17(16)10-18)23(31,12-29-14-26-13-27-29)20-9-8-19(24)11-21(20)25/h2-11,13-15,31H,12H2,1H3,(H,28,30)/t15-,23-/m1/s1. The molecule has 1 aromatic heterocycles. The molecule has 2 N–H and O–H groups in total. The van der Waals surface area contributed by atoms with Crippen LogP contribution in [0.25, 0.3) is 10.8 Å². The number of benzene rings is 3. The van der Waals surface area contributed by atoms with Crippen LogP contribution >= 0.6 is 0 Å². The SMILES string of the molecule is C[C@@H](NC(=O)c1ccc2ccccc2c1)[C@](O)(Cn1cncn1)c1ccc(F)cc1F. The minimum Gasteiger partial charge on any atom is -0.381 e. The van der Waals surface area contributed by atoms with Crippen LogP contribution in [-0.2, 0) is 12.1 Å². The second kappa shape index (κ2) is 8.23. The molecule has 0 radical (unpaired) electrons. The van der Waals surface area contributed by atoms with Gasteiger partial charge in [-0.25, -0.2) is 18.4 Å². The summed E-state index contributed by atoms with van der Waals surface area (Å²) in [5, 5.41) is 20.1. The highest BCUT2D eigenvalue weighted by Gasteiger charge is 2.40. The Morgan fingerprint density at radius 2 is 1.90 bits per heavy atom. The number of halogens is 2. The summed E-state index contributed by atoms with van der Waals surface area (Å²) < 4.78 is 29.4. The number of hydrogen-bond donors (Lipinski definition) is 2. The number of rotatable bonds is 6. The third-order valence-electron chi connectivity index (χ3n) is 5.34. The van der Waals surface area contributed by atoms with Crippen LogP contribution < -0.4 is 5.32 Å². The van der Waals surface area contributed by atoms with Gasteiger partial charge in [-0.05, 0) is 35.9 Å². The Balaban J connectivity index is 1.66. The first-order valence-corrected chi connectivity index (χ1v) is 9.67. The first kappa shape index (κ1) is 20.6. The maximum absolute atomic E-state index is 14.6. The first-order valence-electron chi connectivity index (χ1n) is 9.67. The van der Waals surface area contributed by atoms with Crippen molar-refractivity contribution in [1.29, 1.82) is 0 Å². The van der Waals surface area contributed by atoms with Gasteiger partial charge in [0.05, 0.1) is 12.6 Å². The van der Waals surface area contributed by atoms with Gasteiger partial charge in [-0.2, -0.15) is 5.10 Å². The van der Waals surface area contributed by atoms with Crippen molar-refractivity contribution in [3.63, 3.8) is 0 Å². The van der Waals surface area contributed by atoms with E-state index < -0.39 is 29.2 Å². The highest BCUT2D eigenvalue weighted by molar-refractivity contribution is 5.98.